The van der Waals surface area contributed by atoms with Crippen LogP contribution in [0.2, 0.25) is 0 Å². The predicted molar refractivity (Wildman–Crippen MR) is 50.6 cm³/mol. The highest BCUT2D eigenvalue weighted by Gasteiger charge is 2.14. The number of methoxy groups -OCH3 is 1. The van der Waals surface area contributed by atoms with Crippen LogP contribution in [0.3, 0.4) is 0 Å². The summed E-state index contributed by atoms with van der Waals surface area (Å²) in [6.07, 6.45) is 3.43. The first-order valence-corrected chi connectivity index (χ1v) is 3.98. The fraction of sp³-hybridized carbons (Fsp3) is 0.250. The lowest BCUT2D eigenvalue weighted by Gasteiger charge is -1.93. The number of aryl methyl sites for hydroxylation is 1. The van der Waals surface area contributed by atoms with Crippen LogP contribution in [0.1, 0.15) is 16.1 Å². The zero-order valence-corrected chi connectivity index (χ0v) is 8.21. The summed E-state index contributed by atoms with van der Waals surface area (Å²) in [5.74, 6) is -0.626. The van der Waals surface area contributed by atoms with E-state index in [2.05, 4.69) is 9.84 Å². The number of carbonyl (C=O) groups excluding carboxylic acids is 1. The summed E-state index contributed by atoms with van der Waals surface area (Å²) in [5.41, 5.74) is 0.402. The standard InChI is InChI=1S/C8H9N3O4/c1-10-5-6(3-4-11(13)14)7(9-10)8(12)15-2/h3-5H,1-2H3/b4-3+. The van der Waals surface area contributed by atoms with Crippen molar-refractivity contribution < 1.29 is 14.5 Å². The van der Waals surface area contributed by atoms with Gasteiger partial charge in [0.25, 0.3) is 0 Å². The van der Waals surface area contributed by atoms with Crippen molar-refractivity contribution in [2.75, 3.05) is 7.11 Å². The molecule has 0 bridgehead atoms. The summed E-state index contributed by atoms with van der Waals surface area (Å²) in [5, 5.41) is 13.9. The van der Waals surface area contributed by atoms with E-state index in [-0.39, 0.29) is 5.69 Å². The Bertz CT molecular complexity index is 422. The van der Waals surface area contributed by atoms with Gasteiger partial charge in [-0.05, 0) is 0 Å². The van der Waals surface area contributed by atoms with Crippen LogP contribution in [0, 0.1) is 10.1 Å². The number of nitrogens with zero attached hydrogens (tertiary/aromatic N) is 3. The van der Waals surface area contributed by atoms with E-state index in [4.69, 9.17) is 0 Å². The lowest BCUT2D eigenvalue weighted by molar-refractivity contribution is -0.400. The van der Waals surface area contributed by atoms with E-state index in [0.29, 0.717) is 5.56 Å². The zero-order valence-electron chi connectivity index (χ0n) is 8.21. The van der Waals surface area contributed by atoms with Gasteiger partial charge in [-0.1, -0.05) is 0 Å². The number of hydrogen-bond donors (Lipinski definition) is 0. The van der Waals surface area contributed by atoms with Crippen molar-refractivity contribution in [3.05, 3.63) is 33.8 Å². The summed E-state index contributed by atoms with van der Waals surface area (Å²) in [6, 6.07) is 0. The average molecular weight is 211 g/mol. The number of hydrogen-bond acceptors (Lipinski definition) is 5. The molecule has 7 heteroatoms. The minimum atomic E-state index is -0.626. The van der Waals surface area contributed by atoms with E-state index in [9.17, 15) is 14.9 Å². The molecule has 1 heterocycles. The molecule has 0 aliphatic heterocycles. The van der Waals surface area contributed by atoms with Crippen LogP contribution in [-0.2, 0) is 11.8 Å². The summed E-state index contributed by atoms with van der Waals surface area (Å²) in [7, 11) is 2.83. The highest BCUT2D eigenvalue weighted by Crippen LogP contribution is 2.09. The van der Waals surface area contributed by atoms with E-state index in [1.807, 2.05) is 0 Å². The summed E-state index contributed by atoms with van der Waals surface area (Å²) >= 11 is 0. The van der Waals surface area contributed by atoms with Gasteiger partial charge in [-0.15, -0.1) is 0 Å². The van der Waals surface area contributed by atoms with Gasteiger partial charge in [-0.25, -0.2) is 4.79 Å². The molecular weight excluding hydrogens is 202 g/mol. The van der Waals surface area contributed by atoms with Gasteiger partial charge in [0.1, 0.15) is 0 Å². The number of rotatable bonds is 3. The fourth-order valence-electron chi connectivity index (χ4n) is 1.03. The van der Waals surface area contributed by atoms with E-state index in [1.54, 1.807) is 7.05 Å². The first kappa shape index (κ1) is 10.9. The first-order valence-electron chi connectivity index (χ1n) is 3.98. The van der Waals surface area contributed by atoms with Crippen LogP contribution in [0.15, 0.2) is 12.4 Å². The molecule has 15 heavy (non-hydrogen) atoms. The number of nitro groups is 1. The molecule has 0 fully saturated rings. The molecule has 0 unspecified atom stereocenters. The Labute approximate surface area is 85.1 Å². The van der Waals surface area contributed by atoms with Gasteiger partial charge in [0, 0.05) is 24.9 Å². The molecule has 7 nitrogen and oxygen atoms in total. The Hall–Kier alpha value is -2.18. The Kier molecular flexibility index (Phi) is 3.17. The second-order valence-corrected chi connectivity index (χ2v) is 2.70. The number of aromatic nitrogens is 2. The van der Waals surface area contributed by atoms with Crippen molar-refractivity contribution in [2.45, 2.75) is 0 Å². The molecule has 0 aliphatic carbocycles. The minimum absolute atomic E-state index is 0.0538. The molecule has 0 N–H and O–H groups in total. The Morgan fingerprint density at radius 3 is 2.93 bits per heavy atom. The van der Waals surface area contributed by atoms with Gasteiger partial charge in [0.15, 0.2) is 5.69 Å². The van der Waals surface area contributed by atoms with Crippen LogP contribution in [0.5, 0.6) is 0 Å². The fourth-order valence-corrected chi connectivity index (χ4v) is 1.03. The van der Waals surface area contributed by atoms with Crippen molar-refractivity contribution in [2.24, 2.45) is 7.05 Å². The molecule has 1 rings (SSSR count). The summed E-state index contributed by atoms with van der Waals surface area (Å²) < 4.78 is 5.86. The zero-order chi connectivity index (χ0) is 11.4. The maximum absolute atomic E-state index is 11.2. The van der Waals surface area contributed by atoms with Gasteiger partial charge in [-0.2, -0.15) is 5.10 Å². The van der Waals surface area contributed by atoms with Crippen LogP contribution < -0.4 is 0 Å². The van der Waals surface area contributed by atoms with Crippen molar-refractivity contribution in [1.82, 2.24) is 9.78 Å². The van der Waals surface area contributed by atoms with Crippen LogP contribution in [0.25, 0.3) is 6.08 Å². The maximum Gasteiger partial charge on any atom is 0.359 e. The molecule has 0 saturated heterocycles. The van der Waals surface area contributed by atoms with Crippen LogP contribution in [-0.4, -0.2) is 27.8 Å². The SMILES string of the molecule is COC(=O)c1nn(C)cc1/C=C/[N+](=O)[O-]. The highest BCUT2D eigenvalue weighted by molar-refractivity contribution is 5.91. The normalized spacial score (nSPS) is 10.5. The Morgan fingerprint density at radius 1 is 1.73 bits per heavy atom. The van der Waals surface area contributed by atoms with Gasteiger partial charge >= 0.3 is 5.97 Å². The third-order valence-corrected chi connectivity index (χ3v) is 1.61. The summed E-state index contributed by atoms with van der Waals surface area (Å²) in [4.78, 5) is 20.7. The van der Waals surface area contributed by atoms with Crippen LogP contribution >= 0.6 is 0 Å². The molecule has 0 amide bonds. The van der Waals surface area contributed by atoms with Crippen molar-refractivity contribution in [3.63, 3.8) is 0 Å². The van der Waals surface area contributed by atoms with Crippen LogP contribution in [0.4, 0.5) is 0 Å². The number of ether oxygens (including phenoxy) is 1. The molecule has 0 saturated carbocycles. The molecule has 0 spiro atoms. The van der Waals surface area contributed by atoms with Crippen molar-refractivity contribution in [3.8, 4) is 0 Å². The molecular formula is C8H9N3O4. The van der Waals surface area contributed by atoms with E-state index in [0.717, 1.165) is 6.20 Å². The number of carbonyl (C=O) groups is 1. The van der Waals surface area contributed by atoms with Gasteiger partial charge < -0.3 is 4.74 Å². The number of esters is 1. The third-order valence-electron chi connectivity index (χ3n) is 1.61. The van der Waals surface area contributed by atoms with Gasteiger partial charge in [0.05, 0.1) is 12.0 Å². The third kappa shape index (κ3) is 2.63. The van der Waals surface area contributed by atoms with E-state index >= 15 is 0 Å². The Balaban J connectivity index is 3.06. The molecule has 1 aromatic rings. The molecule has 80 valence electrons. The maximum atomic E-state index is 11.2. The average Bonchev–Trinajstić information content (AvgIpc) is 2.55. The smallest absolute Gasteiger partial charge is 0.359 e. The lowest BCUT2D eigenvalue weighted by atomic mass is 10.2. The predicted octanol–water partition coefficient (Wildman–Crippen LogP) is 0.454. The highest BCUT2D eigenvalue weighted by atomic mass is 16.6. The van der Waals surface area contributed by atoms with Gasteiger partial charge in [0.2, 0.25) is 6.20 Å². The van der Waals surface area contributed by atoms with Crippen molar-refractivity contribution in [1.29, 1.82) is 0 Å². The summed E-state index contributed by atoms with van der Waals surface area (Å²) in [6.45, 7) is 0. The van der Waals surface area contributed by atoms with Gasteiger partial charge in [-0.3, -0.25) is 14.8 Å². The molecule has 0 atom stereocenters. The minimum Gasteiger partial charge on any atom is -0.464 e. The van der Waals surface area contributed by atoms with E-state index < -0.39 is 10.9 Å². The van der Waals surface area contributed by atoms with E-state index in [1.165, 1.54) is 24.1 Å². The molecule has 0 aliphatic rings. The monoisotopic (exact) mass is 211 g/mol. The molecule has 1 aromatic heterocycles. The topological polar surface area (TPSA) is 87.3 Å². The first-order chi connectivity index (χ1) is 7.04. The second kappa shape index (κ2) is 4.36. The van der Waals surface area contributed by atoms with Crippen molar-refractivity contribution >= 4 is 12.0 Å². The lowest BCUT2D eigenvalue weighted by Crippen LogP contribution is -2.04. The largest absolute Gasteiger partial charge is 0.464 e. The second-order valence-electron chi connectivity index (χ2n) is 2.70. The molecule has 0 aromatic carbocycles. The quantitative estimate of drug-likeness (QED) is 0.411. The molecule has 0 radical (unpaired) electrons. The Morgan fingerprint density at radius 2 is 2.40 bits per heavy atom.